The van der Waals surface area contributed by atoms with Crippen molar-refractivity contribution in [2.45, 2.75) is 13.0 Å². The van der Waals surface area contributed by atoms with Gasteiger partial charge in [-0.05, 0) is 18.4 Å². The summed E-state index contributed by atoms with van der Waals surface area (Å²) in [7, 11) is 0. The molecule has 64 valence electrons. The predicted molar refractivity (Wildman–Crippen MR) is 50.0 cm³/mol. The summed E-state index contributed by atoms with van der Waals surface area (Å²) in [4.78, 5) is 5.16. The highest BCUT2D eigenvalue weighted by atomic mass is 32.1. The highest BCUT2D eigenvalue weighted by molar-refractivity contribution is 7.12. The molecule has 0 amide bonds. The fourth-order valence-electron chi connectivity index (χ4n) is 1.13. The molecule has 1 aliphatic rings. The number of rotatable bonds is 0. The van der Waals surface area contributed by atoms with E-state index in [2.05, 4.69) is 4.99 Å². The normalized spacial score (nSPS) is 22.1. The number of fused-ring (bicyclic) bond motifs is 1. The zero-order chi connectivity index (χ0) is 8.55. The van der Waals surface area contributed by atoms with Gasteiger partial charge in [-0.15, -0.1) is 11.3 Å². The number of nitrogens with zero attached hydrogens (tertiary/aromatic N) is 1. The van der Waals surface area contributed by atoms with Gasteiger partial charge in [-0.1, -0.05) is 0 Å². The van der Waals surface area contributed by atoms with Crippen molar-refractivity contribution in [3.63, 3.8) is 0 Å². The quantitative estimate of drug-likeness (QED) is 0.656. The van der Waals surface area contributed by atoms with E-state index in [4.69, 9.17) is 10.5 Å². The lowest BCUT2D eigenvalue weighted by molar-refractivity contribution is 0.233. The summed E-state index contributed by atoms with van der Waals surface area (Å²) in [5.41, 5.74) is 5.73. The summed E-state index contributed by atoms with van der Waals surface area (Å²) < 4.78 is 5.58. The SMILES string of the molecule is C[C@@H]1CN=C(N)c2sccc2O1. The standard InChI is InChI=1S/C8H10N2OS/c1-5-4-10-8(9)7-6(11-5)2-3-12-7/h2-3,5H,4H2,1H3,(H2,9,10)/t5-/m1/s1. The fourth-order valence-corrected chi connectivity index (χ4v) is 1.88. The molecule has 1 aromatic rings. The van der Waals surface area contributed by atoms with Crippen LogP contribution in [0.25, 0.3) is 0 Å². The maximum atomic E-state index is 5.73. The molecule has 0 fully saturated rings. The molecule has 12 heavy (non-hydrogen) atoms. The van der Waals surface area contributed by atoms with Crippen molar-refractivity contribution in [2.24, 2.45) is 10.7 Å². The van der Waals surface area contributed by atoms with Gasteiger partial charge in [0.15, 0.2) is 0 Å². The molecule has 1 atom stereocenters. The van der Waals surface area contributed by atoms with E-state index in [1.165, 1.54) is 0 Å². The summed E-state index contributed by atoms with van der Waals surface area (Å²) in [5.74, 6) is 1.47. The minimum atomic E-state index is 0.124. The molecule has 2 N–H and O–H groups in total. The Morgan fingerprint density at radius 3 is 3.42 bits per heavy atom. The Labute approximate surface area is 74.9 Å². The Morgan fingerprint density at radius 2 is 2.58 bits per heavy atom. The van der Waals surface area contributed by atoms with Crippen LogP contribution in [0.3, 0.4) is 0 Å². The first-order valence-corrected chi connectivity index (χ1v) is 4.70. The first kappa shape index (κ1) is 7.61. The molecule has 0 unspecified atom stereocenters. The molecule has 0 spiro atoms. The lowest BCUT2D eigenvalue weighted by atomic mass is 10.4. The number of nitrogens with two attached hydrogens (primary N) is 1. The van der Waals surface area contributed by atoms with E-state index in [1.807, 2.05) is 18.4 Å². The zero-order valence-electron chi connectivity index (χ0n) is 6.78. The van der Waals surface area contributed by atoms with Gasteiger partial charge in [0.1, 0.15) is 22.6 Å². The van der Waals surface area contributed by atoms with Crippen LogP contribution in [0.5, 0.6) is 5.75 Å². The molecular weight excluding hydrogens is 172 g/mol. The van der Waals surface area contributed by atoms with Crippen molar-refractivity contribution >= 4 is 17.2 Å². The van der Waals surface area contributed by atoms with Crippen LogP contribution in [0.2, 0.25) is 0 Å². The molecular formula is C8H10N2OS. The van der Waals surface area contributed by atoms with Crippen molar-refractivity contribution in [1.82, 2.24) is 0 Å². The second-order valence-electron chi connectivity index (χ2n) is 2.77. The van der Waals surface area contributed by atoms with Gasteiger partial charge in [-0.25, -0.2) is 0 Å². The van der Waals surface area contributed by atoms with Crippen LogP contribution in [0.15, 0.2) is 16.4 Å². The van der Waals surface area contributed by atoms with Crippen LogP contribution in [-0.2, 0) is 0 Å². The monoisotopic (exact) mass is 182 g/mol. The Kier molecular flexibility index (Phi) is 1.77. The number of aliphatic imine (C=N–C) groups is 1. The van der Waals surface area contributed by atoms with E-state index in [9.17, 15) is 0 Å². The largest absolute Gasteiger partial charge is 0.487 e. The number of ether oxygens (including phenoxy) is 1. The van der Waals surface area contributed by atoms with Crippen LogP contribution in [-0.4, -0.2) is 18.5 Å². The summed E-state index contributed by atoms with van der Waals surface area (Å²) in [6.07, 6.45) is 0.124. The molecule has 2 heterocycles. The van der Waals surface area contributed by atoms with E-state index in [0.717, 1.165) is 10.6 Å². The lowest BCUT2D eigenvalue weighted by Crippen LogP contribution is -2.14. The highest BCUT2D eigenvalue weighted by Gasteiger charge is 2.16. The number of amidine groups is 1. The van der Waals surface area contributed by atoms with Gasteiger partial charge in [0.05, 0.1) is 6.54 Å². The number of thiophene rings is 1. The summed E-state index contributed by atoms with van der Waals surface area (Å²) in [5, 5.41) is 1.96. The minimum absolute atomic E-state index is 0.124. The molecule has 2 rings (SSSR count). The van der Waals surface area contributed by atoms with Crippen molar-refractivity contribution in [3.8, 4) is 5.75 Å². The third-order valence-electron chi connectivity index (χ3n) is 1.71. The zero-order valence-corrected chi connectivity index (χ0v) is 7.60. The van der Waals surface area contributed by atoms with Crippen LogP contribution in [0, 0.1) is 0 Å². The Balaban J connectivity index is 2.44. The molecule has 0 bridgehead atoms. The second kappa shape index (κ2) is 2.79. The molecule has 0 saturated carbocycles. The van der Waals surface area contributed by atoms with E-state index in [0.29, 0.717) is 12.4 Å². The summed E-state index contributed by atoms with van der Waals surface area (Å²) >= 11 is 1.57. The van der Waals surface area contributed by atoms with Gasteiger partial charge >= 0.3 is 0 Å². The van der Waals surface area contributed by atoms with Gasteiger partial charge in [0.25, 0.3) is 0 Å². The van der Waals surface area contributed by atoms with E-state index >= 15 is 0 Å². The summed E-state index contributed by atoms with van der Waals surface area (Å²) in [6, 6.07) is 1.93. The Bertz CT molecular complexity index is 319. The Morgan fingerprint density at radius 1 is 1.75 bits per heavy atom. The van der Waals surface area contributed by atoms with E-state index in [-0.39, 0.29) is 6.10 Å². The summed E-state index contributed by atoms with van der Waals surface area (Å²) in [6.45, 7) is 2.64. The van der Waals surface area contributed by atoms with Gasteiger partial charge in [0, 0.05) is 0 Å². The van der Waals surface area contributed by atoms with Crippen LogP contribution < -0.4 is 10.5 Å². The average molecular weight is 182 g/mol. The molecule has 0 saturated heterocycles. The van der Waals surface area contributed by atoms with Crippen molar-refractivity contribution in [3.05, 3.63) is 16.3 Å². The average Bonchev–Trinajstić information content (AvgIpc) is 2.44. The maximum absolute atomic E-state index is 5.73. The van der Waals surface area contributed by atoms with Gasteiger partial charge < -0.3 is 10.5 Å². The molecule has 4 heteroatoms. The third-order valence-corrected chi connectivity index (χ3v) is 2.63. The third kappa shape index (κ3) is 1.18. The highest BCUT2D eigenvalue weighted by Crippen LogP contribution is 2.27. The van der Waals surface area contributed by atoms with Crippen molar-refractivity contribution in [2.75, 3.05) is 6.54 Å². The molecule has 0 aromatic carbocycles. The van der Waals surface area contributed by atoms with Gasteiger partial charge in [-0.3, -0.25) is 4.99 Å². The van der Waals surface area contributed by atoms with Crippen LogP contribution in [0.1, 0.15) is 11.8 Å². The smallest absolute Gasteiger partial charge is 0.141 e. The number of hydrogen-bond acceptors (Lipinski definition) is 4. The second-order valence-corrected chi connectivity index (χ2v) is 3.68. The van der Waals surface area contributed by atoms with Crippen LogP contribution >= 0.6 is 11.3 Å². The molecule has 0 radical (unpaired) electrons. The molecule has 1 aromatic heterocycles. The Hall–Kier alpha value is -1.03. The molecule has 0 aliphatic carbocycles. The molecule has 1 aliphatic heterocycles. The minimum Gasteiger partial charge on any atom is -0.487 e. The van der Waals surface area contributed by atoms with Crippen molar-refractivity contribution < 1.29 is 4.74 Å². The first-order chi connectivity index (χ1) is 5.77. The fraction of sp³-hybridized carbons (Fsp3) is 0.375. The topological polar surface area (TPSA) is 47.6 Å². The van der Waals surface area contributed by atoms with Gasteiger partial charge in [0.2, 0.25) is 0 Å². The van der Waals surface area contributed by atoms with E-state index in [1.54, 1.807) is 11.3 Å². The van der Waals surface area contributed by atoms with Crippen molar-refractivity contribution in [1.29, 1.82) is 0 Å². The first-order valence-electron chi connectivity index (χ1n) is 3.82. The lowest BCUT2D eigenvalue weighted by Gasteiger charge is -2.08. The van der Waals surface area contributed by atoms with Crippen LogP contribution in [0.4, 0.5) is 0 Å². The molecule has 3 nitrogen and oxygen atoms in total. The van der Waals surface area contributed by atoms with Gasteiger partial charge in [-0.2, -0.15) is 0 Å². The van der Waals surface area contributed by atoms with E-state index < -0.39 is 0 Å². The number of hydrogen-bond donors (Lipinski definition) is 1. The predicted octanol–water partition coefficient (Wildman–Crippen LogP) is 1.23. The maximum Gasteiger partial charge on any atom is 0.141 e.